The van der Waals surface area contributed by atoms with Crippen molar-refractivity contribution in [3.63, 3.8) is 0 Å². The molecule has 0 heterocycles. The third kappa shape index (κ3) is 2.31. The van der Waals surface area contributed by atoms with Crippen LogP contribution in [0.4, 0.5) is 0 Å². The SMILES string of the molecule is C=CC=C1/C(=C\C)c2ccccc2C12CCCCCCC2. The van der Waals surface area contributed by atoms with E-state index in [4.69, 9.17) is 0 Å². The van der Waals surface area contributed by atoms with Crippen molar-refractivity contribution >= 4 is 5.57 Å². The van der Waals surface area contributed by atoms with Crippen LogP contribution in [0.2, 0.25) is 0 Å². The second-order valence-corrected chi connectivity index (χ2v) is 6.41. The average Bonchev–Trinajstić information content (AvgIpc) is 2.74. The monoisotopic (exact) mass is 278 g/mol. The molecule has 0 unspecified atom stereocenters. The van der Waals surface area contributed by atoms with Crippen molar-refractivity contribution in [3.8, 4) is 0 Å². The Labute approximate surface area is 129 Å². The molecule has 1 aromatic rings. The molecule has 2 aliphatic rings. The predicted molar refractivity (Wildman–Crippen MR) is 92.4 cm³/mol. The highest BCUT2D eigenvalue weighted by atomic mass is 14.5. The van der Waals surface area contributed by atoms with Crippen LogP contribution in [-0.2, 0) is 5.41 Å². The van der Waals surface area contributed by atoms with Crippen molar-refractivity contribution in [2.75, 3.05) is 0 Å². The molecule has 0 aromatic heterocycles. The van der Waals surface area contributed by atoms with Crippen molar-refractivity contribution < 1.29 is 0 Å². The van der Waals surface area contributed by atoms with Crippen LogP contribution < -0.4 is 0 Å². The van der Waals surface area contributed by atoms with Gasteiger partial charge in [-0.15, -0.1) is 0 Å². The third-order valence-corrected chi connectivity index (χ3v) is 5.32. The molecular formula is C21H26. The van der Waals surface area contributed by atoms with Gasteiger partial charge in [-0.2, -0.15) is 0 Å². The third-order valence-electron chi connectivity index (χ3n) is 5.32. The maximum atomic E-state index is 3.97. The molecule has 0 radical (unpaired) electrons. The molecule has 0 heteroatoms. The Morgan fingerprint density at radius 3 is 2.33 bits per heavy atom. The highest BCUT2D eigenvalue weighted by molar-refractivity contribution is 5.90. The largest absolute Gasteiger partial charge is 0.0991 e. The quantitative estimate of drug-likeness (QED) is 0.574. The Kier molecular flexibility index (Phi) is 4.14. The van der Waals surface area contributed by atoms with E-state index in [-0.39, 0.29) is 5.41 Å². The summed E-state index contributed by atoms with van der Waals surface area (Å²) in [5.41, 5.74) is 6.21. The summed E-state index contributed by atoms with van der Waals surface area (Å²) >= 11 is 0. The Balaban J connectivity index is 2.19. The molecule has 0 saturated heterocycles. The summed E-state index contributed by atoms with van der Waals surface area (Å²) < 4.78 is 0. The van der Waals surface area contributed by atoms with E-state index < -0.39 is 0 Å². The van der Waals surface area contributed by atoms with Crippen LogP contribution in [0.15, 0.2) is 54.6 Å². The van der Waals surface area contributed by atoms with Gasteiger partial charge in [0, 0.05) is 5.41 Å². The molecule has 0 N–H and O–H groups in total. The summed E-state index contributed by atoms with van der Waals surface area (Å²) in [5, 5.41) is 0. The van der Waals surface area contributed by atoms with E-state index >= 15 is 0 Å². The number of allylic oxidation sites excluding steroid dienone is 5. The lowest BCUT2D eigenvalue weighted by Gasteiger charge is -2.34. The fraction of sp³-hybridized carbons (Fsp3) is 0.429. The molecular weight excluding hydrogens is 252 g/mol. The van der Waals surface area contributed by atoms with Crippen LogP contribution in [0.25, 0.3) is 5.57 Å². The lowest BCUT2D eigenvalue weighted by molar-refractivity contribution is 0.373. The lowest BCUT2D eigenvalue weighted by Crippen LogP contribution is -2.26. The van der Waals surface area contributed by atoms with E-state index in [1.54, 1.807) is 5.56 Å². The van der Waals surface area contributed by atoms with E-state index in [0.717, 1.165) is 0 Å². The first-order valence-electron chi connectivity index (χ1n) is 8.43. The van der Waals surface area contributed by atoms with Crippen LogP contribution in [0.3, 0.4) is 0 Å². The van der Waals surface area contributed by atoms with E-state index in [1.165, 1.54) is 61.7 Å². The summed E-state index contributed by atoms with van der Waals surface area (Å²) in [5.74, 6) is 0. The molecule has 1 fully saturated rings. The van der Waals surface area contributed by atoms with Crippen LogP contribution >= 0.6 is 0 Å². The summed E-state index contributed by atoms with van der Waals surface area (Å²) in [6, 6.07) is 9.05. The van der Waals surface area contributed by atoms with Gasteiger partial charge in [-0.25, -0.2) is 0 Å². The van der Waals surface area contributed by atoms with Gasteiger partial charge in [-0.1, -0.05) is 81.2 Å². The molecule has 2 aliphatic carbocycles. The molecule has 3 rings (SSSR count). The molecule has 0 bridgehead atoms. The topological polar surface area (TPSA) is 0 Å². The smallest absolute Gasteiger partial charge is 0.0215 e. The van der Waals surface area contributed by atoms with Gasteiger partial charge >= 0.3 is 0 Å². The molecule has 1 spiro atoms. The van der Waals surface area contributed by atoms with Gasteiger partial charge in [-0.3, -0.25) is 0 Å². The molecule has 0 amide bonds. The minimum absolute atomic E-state index is 0.243. The highest BCUT2D eigenvalue weighted by Gasteiger charge is 2.44. The zero-order chi connectivity index (χ0) is 14.7. The normalized spacial score (nSPS) is 24.8. The van der Waals surface area contributed by atoms with Crippen LogP contribution in [0.5, 0.6) is 0 Å². The van der Waals surface area contributed by atoms with Gasteiger partial charge < -0.3 is 0 Å². The van der Waals surface area contributed by atoms with Crippen molar-refractivity contribution in [2.45, 2.75) is 57.3 Å². The highest BCUT2D eigenvalue weighted by Crippen LogP contribution is 2.55. The van der Waals surface area contributed by atoms with Crippen molar-refractivity contribution in [2.24, 2.45) is 0 Å². The minimum Gasteiger partial charge on any atom is -0.0991 e. The Bertz CT molecular complexity index is 578. The Morgan fingerprint density at radius 2 is 1.67 bits per heavy atom. The van der Waals surface area contributed by atoms with Crippen molar-refractivity contribution in [3.05, 3.63) is 65.8 Å². The lowest BCUT2D eigenvalue weighted by atomic mass is 9.69. The number of benzene rings is 1. The summed E-state index contributed by atoms with van der Waals surface area (Å²) in [7, 11) is 0. The molecule has 110 valence electrons. The van der Waals surface area contributed by atoms with E-state index in [2.05, 4.69) is 49.9 Å². The van der Waals surface area contributed by atoms with Gasteiger partial charge in [0.15, 0.2) is 0 Å². The van der Waals surface area contributed by atoms with E-state index in [9.17, 15) is 0 Å². The first-order valence-corrected chi connectivity index (χ1v) is 8.43. The van der Waals surface area contributed by atoms with Crippen LogP contribution in [-0.4, -0.2) is 0 Å². The van der Waals surface area contributed by atoms with Gasteiger partial charge in [0.25, 0.3) is 0 Å². The van der Waals surface area contributed by atoms with Gasteiger partial charge in [0.05, 0.1) is 0 Å². The van der Waals surface area contributed by atoms with E-state index in [0.29, 0.717) is 0 Å². The van der Waals surface area contributed by atoms with Crippen LogP contribution in [0.1, 0.15) is 63.0 Å². The zero-order valence-electron chi connectivity index (χ0n) is 13.2. The number of fused-ring (bicyclic) bond motifs is 2. The van der Waals surface area contributed by atoms with Gasteiger partial charge in [0.2, 0.25) is 0 Å². The second-order valence-electron chi connectivity index (χ2n) is 6.41. The number of hydrogen-bond acceptors (Lipinski definition) is 0. The molecule has 0 aliphatic heterocycles. The Morgan fingerprint density at radius 1 is 1.00 bits per heavy atom. The second kappa shape index (κ2) is 6.05. The zero-order valence-corrected chi connectivity index (χ0v) is 13.2. The fourth-order valence-electron chi connectivity index (χ4n) is 4.41. The standard InChI is InChI=1S/C21H26/c1-3-12-19-17(4-2)18-13-8-9-14-20(18)21(19)15-10-6-5-7-11-16-21/h3-4,8-9,12-14H,1,5-7,10-11,15-16H2,2H3/b17-4-,19-12?. The predicted octanol–water partition coefficient (Wildman–Crippen LogP) is 6.20. The molecule has 0 nitrogen and oxygen atoms in total. The molecule has 0 atom stereocenters. The van der Waals surface area contributed by atoms with Crippen molar-refractivity contribution in [1.82, 2.24) is 0 Å². The summed E-state index contributed by atoms with van der Waals surface area (Å²) in [4.78, 5) is 0. The summed E-state index contributed by atoms with van der Waals surface area (Å²) in [6.45, 7) is 6.14. The number of hydrogen-bond donors (Lipinski definition) is 0. The van der Waals surface area contributed by atoms with Crippen LogP contribution in [0, 0.1) is 0 Å². The minimum atomic E-state index is 0.243. The Hall–Kier alpha value is -1.56. The first kappa shape index (κ1) is 14.4. The van der Waals surface area contributed by atoms with E-state index in [1.807, 2.05) is 6.08 Å². The molecule has 21 heavy (non-hydrogen) atoms. The molecule has 1 saturated carbocycles. The number of rotatable bonds is 1. The van der Waals surface area contributed by atoms with Gasteiger partial charge in [-0.05, 0) is 42.0 Å². The maximum absolute atomic E-state index is 3.97. The van der Waals surface area contributed by atoms with Gasteiger partial charge in [0.1, 0.15) is 0 Å². The maximum Gasteiger partial charge on any atom is 0.0215 e. The average molecular weight is 278 g/mol. The first-order chi connectivity index (χ1) is 10.3. The molecule has 1 aromatic carbocycles. The van der Waals surface area contributed by atoms with Crippen molar-refractivity contribution in [1.29, 1.82) is 0 Å². The summed E-state index contributed by atoms with van der Waals surface area (Å²) in [6.07, 6.45) is 16.0. The fourth-order valence-corrected chi connectivity index (χ4v) is 4.41.